The third kappa shape index (κ3) is 3.69. The van der Waals surface area contributed by atoms with Gasteiger partial charge in [0.15, 0.2) is 0 Å². The molecule has 0 spiro atoms. The van der Waals surface area contributed by atoms with E-state index in [0.717, 1.165) is 6.42 Å². The molecule has 1 atom stereocenters. The number of ketones is 1. The minimum atomic E-state index is -0.595. The molecule has 1 saturated carbocycles. The number of ether oxygens (including phenoxy) is 2. The molecule has 15 heavy (non-hydrogen) atoms. The Bertz CT molecular complexity index is 271. The molecule has 1 aliphatic carbocycles. The van der Waals surface area contributed by atoms with Gasteiger partial charge < -0.3 is 9.47 Å². The van der Waals surface area contributed by atoms with Crippen LogP contribution in [0.25, 0.3) is 0 Å². The highest BCUT2D eigenvalue weighted by atomic mass is 16.6. The third-order valence-corrected chi connectivity index (χ3v) is 2.22. The summed E-state index contributed by atoms with van der Waals surface area (Å²) in [5.41, 5.74) is 0. The van der Waals surface area contributed by atoms with Gasteiger partial charge in [-0.25, -0.2) is 0 Å². The summed E-state index contributed by atoms with van der Waals surface area (Å²) in [6.45, 7) is 1.34. The highest BCUT2D eigenvalue weighted by molar-refractivity contribution is 6.00. The van der Waals surface area contributed by atoms with Gasteiger partial charge in [-0.15, -0.1) is 0 Å². The summed E-state index contributed by atoms with van der Waals surface area (Å²) in [5.74, 6) is -1.55. The van der Waals surface area contributed by atoms with Crippen LogP contribution in [0.4, 0.5) is 0 Å². The quantitative estimate of drug-likeness (QED) is 0.386. The van der Waals surface area contributed by atoms with Crippen molar-refractivity contribution >= 4 is 17.7 Å². The number of esters is 2. The van der Waals surface area contributed by atoms with E-state index in [1.807, 2.05) is 0 Å². The highest BCUT2D eigenvalue weighted by Crippen LogP contribution is 2.22. The van der Waals surface area contributed by atoms with Crippen LogP contribution in [0, 0.1) is 5.92 Å². The SMILES string of the molecule is CC(=O)OCCOC(=O)C1CCCC1=O. The van der Waals surface area contributed by atoms with Crippen molar-refractivity contribution in [1.29, 1.82) is 0 Å². The summed E-state index contributed by atoms with van der Waals surface area (Å²) >= 11 is 0. The van der Waals surface area contributed by atoms with Gasteiger partial charge in [0.1, 0.15) is 24.9 Å². The molecule has 84 valence electrons. The molecule has 5 heteroatoms. The molecule has 0 aromatic carbocycles. The second-order valence-electron chi connectivity index (χ2n) is 3.42. The zero-order chi connectivity index (χ0) is 11.3. The van der Waals surface area contributed by atoms with Gasteiger partial charge in [0, 0.05) is 13.3 Å². The summed E-state index contributed by atoms with van der Waals surface area (Å²) in [4.78, 5) is 32.9. The van der Waals surface area contributed by atoms with Gasteiger partial charge in [0.05, 0.1) is 0 Å². The fourth-order valence-electron chi connectivity index (χ4n) is 1.49. The van der Waals surface area contributed by atoms with Crippen molar-refractivity contribution in [2.45, 2.75) is 26.2 Å². The molecule has 0 aromatic heterocycles. The smallest absolute Gasteiger partial charge is 0.316 e. The standard InChI is InChI=1S/C10H14O5/c1-7(11)14-5-6-15-10(13)8-3-2-4-9(8)12/h8H,2-6H2,1H3. The molecule has 1 unspecified atom stereocenters. The van der Waals surface area contributed by atoms with E-state index in [9.17, 15) is 14.4 Å². The first-order chi connectivity index (χ1) is 7.11. The maximum absolute atomic E-state index is 11.3. The maximum Gasteiger partial charge on any atom is 0.316 e. The van der Waals surface area contributed by atoms with E-state index in [2.05, 4.69) is 4.74 Å². The van der Waals surface area contributed by atoms with Crippen molar-refractivity contribution in [3.63, 3.8) is 0 Å². The van der Waals surface area contributed by atoms with E-state index in [0.29, 0.717) is 12.8 Å². The van der Waals surface area contributed by atoms with Gasteiger partial charge in [-0.1, -0.05) is 0 Å². The van der Waals surface area contributed by atoms with Crippen LogP contribution in [0.15, 0.2) is 0 Å². The molecule has 1 aliphatic rings. The van der Waals surface area contributed by atoms with Crippen molar-refractivity contribution < 1.29 is 23.9 Å². The van der Waals surface area contributed by atoms with Crippen LogP contribution in [0.3, 0.4) is 0 Å². The molecule has 1 rings (SSSR count). The summed E-state index contributed by atoms with van der Waals surface area (Å²) in [5, 5.41) is 0. The summed E-state index contributed by atoms with van der Waals surface area (Å²) < 4.78 is 9.39. The van der Waals surface area contributed by atoms with Gasteiger partial charge in [0.2, 0.25) is 0 Å². The zero-order valence-corrected chi connectivity index (χ0v) is 8.65. The van der Waals surface area contributed by atoms with E-state index in [4.69, 9.17) is 4.74 Å². The van der Waals surface area contributed by atoms with Crippen LogP contribution in [-0.4, -0.2) is 30.9 Å². The van der Waals surface area contributed by atoms with Gasteiger partial charge in [-0.3, -0.25) is 14.4 Å². The largest absolute Gasteiger partial charge is 0.462 e. The number of hydrogen-bond acceptors (Lipinski definition) is 5. The Morgan fingerprint density at radius 3 is 2.53 bits per heavy atom. The van der Waals surface area contributed by atoms with Crippen molar-refractivity contribution in [2.24, 2.45) is 5.92 Å². The van der Waals surface area contributed by atoms with Gasteiger partial charge >= 0.3 is 11.9 Å². The fourth-order valence-corrected chi connectivity index (χ4v) is 1.49. The predicted octanol–water partition coefficient (Wildman–Crippen LogP) is 0.462. The monoisotopic (exact) mass is 214 g/mol. The van der Waals surface area contributed by atoms with Crippen molar-refractivity contribution in [3.05, 3.63) is 0 Å². The van der Waals surface area contributed by atoms with Crippen LogP contribution < -0.4 is 0 Å². The second kappa shape index (κ2) is 5.48. The molecule has 0 amide bonds. The van der Waals surface area contributed by atoms with Gasteiger partial charge in [-0.2, -0.15) is 0 Å². The molecule has 1 fully saturated rings. The van der Waals surface area contributed by atoms with Crippen LogP contribution in [0.2, 0.25) is 0 Å². The minimum Gasteiger partial charge on any atom is -0.462 e. The zero-order valence-electron chi connectivity index (χ0n) is 8.65. The topological polar surface area (TPSA) is 69.7 Å². The van der Waals surface area contributed by atoms with Crippen LogP contribution in [0.5, 0.6) is 0 Å². The average molecular weight is 214 g/mol. The molecule has 5 nitrogen and oxygen atoms in total. The molecular weight excluding hydrogens is 200 g/mol. The van der Waals surface area contributed by atoms with E-state index < -0.39 is 17.9 Å². The first-order valence-electron chi connectivity index (χ1n) is 4.94. The first kappa shape index (κ1) is 11.7. The van der Waals surface area contributed by atoms with E-state index in [1.54, 1.807) is 0 Å². The molecule has 0 heterocycles. The average Bonchev–Trinajstić information content (AvgIpc) is 2.58. The highest BCUT2D eigenvalue weighted by Gasteiger charge is 2.32. The Labute approximate surface area is 87.7 Å². The van der Waals surface area contributed by atoms with Crippen LogP contribution in [0.1, 0.15) is 26.2 Å². The number of rotatable bonds is 4. The van der Waals surface area contributed by atoms with Crippen molar-refractivity contribution in [1.82, 2.24) is 0 Å². The lowest BCUT2D eigenvalue weighted by atomic mass is 10.1. The molecular formula is C10H14O5. The van der Waals surface area contributed by atoms with Gasteiger partial charge in [0.25, 0.3) is 0 Å². The number of carbonyl (C=O) groups is 3. The molecule has 0 N–H and O–H groups in total. The van der Waals surface area contributed by atoms with Crippen molar-refractivity contribution in [2.75, 3.05) is 13.2 Å². The molecule has 0 saturated heterocycles. The molecule has 0 aliphatic heterocycles. The Morgan fingerprint density at radius 2 is 2.00 bits per heavy atom. The Morgan fingerprint density at radius 1 is 1.33 bits per heavy atom. The Kier molecular flexibility index (Phi) is 4.27. The number of Topliss-reactive ketones (excluding diaryl/α,β-unsaturated/α-hetero) is 1. The predicted molar refractivity (Wildman–Crippen MR) is 49.9 cm³/mol. The lowest BCUT2D eigenvalue weighted by molar-refractivity contribution is -0.155. The summed E-state index contributed by atoms with van der Waals surface area (Å²) in [6.07, 6.45) is 1.79. The number of hydrogen-bond donors (Lipinski definition) is 0. The number of carbonyl (C=O) groups excluding carboxylic acids is 3. The van der Waals surface area contributed by atoms with Crippen LogP contribution in [-0.2, 0) is 23.9 Å². The molecule has 0 aromatic rings. The van der Waals surface area contributed by atoms with E-state index in [-0.39, 0.29) is 19.0 Å². The molecule has 0 radical (unpaired) electrons. The van der Waals surface area contributed by atoms with Gasteiger partial charge in [-0.05, 0) is 12.8 Å². The van der Waals surface area contributed by atoms with E-state index in [1.165, 1.54) is 6.92 Å². The molecule has 0 bridgehead atoms. The van der Waals surface area contributed by atoms with Crippen molar-refractivity contribution in [3.8, 4) is 0 Å². The maximum atomic E-state index is 11.3. The summed E-state index contributed by atoms with van der Waals surface area (Å²) in [7, 11) is 0. The first-order valence-corrected chi connectivity index (χ1v) is 4.94. The second-order valence-corrected chi connectivity index (χ2v) is 3.42. The fraction of sp³-hybridized carbons (Fsp3) is 0.700. The lowest BCUT2D eigenvalue weighted by Crippen LogP contribution is -2.23. The normalized spacial score (nSPS) is 20.1. The Balaban J connectivity index is 2.18. The lowest BCUT2D eigenvalue weighted by Gasteiger charge is -2.08. The third-order valence-electron chi connectivity index (χ3n) is 2.22. The minimum absolute atomic E-state index is 0.0161. The summed E-state index contributed by atoms with van der Waals surface area (Å²) in [6, 6.07) is 0. The van der Waals surface area contributed by atoms with E-state index >= 15 is 0 Å². The Hall–Kier alpha value is -1.39. The van der Waals surface area contributed by atoms with Crippen LogP contribution >= 0.6 is 0 Å².